The summed E-state index contributed by atoms with van der Waals surface area (Å²) in [5.41, 5.74) is 6.11. The van der Waals surface area contributed by atoms with Gasteiger partial charge in [-0.15, -0.1) is 12.4 Å². The number of sulfonamides is 1. The summed E-state index contributed by atoms with van der Waals surface area (Å²) >= 11 is 0. The Morgan fingerprint density at radius 1 is 1.07 bits per heavy atom. The molecule has 0 aliphatic carbocycles. The number of benzene rings is 2. The number of para-hydroxylation sites is 1. The Labute approximate surface area is 167 Å². The number of halogens is 1. The molecule has 0 saturated carbocycles. The van der Waals surface area contributed by atoms with Crippen molar-refractivity contribution in [2.45, 2.75) is 31.2 Å². The van der Waals surface area contributed by atoms with Crippen LogP contribution in [0, 0.1) is 5.92 Å². The van der Waals surface area contributed by atoms with Crippen molar-refractivity contribution in [2.24, 2.45) is 11.7 Å². The van der Waals surface area contributed by atoms with Crippen molar-refractivity contribution in [3.8, 4) is 0 Å². The van der Waals surface area contributed by atoms with E-state index in [0.717, 1.165) is 0 Å². The molecule has 1 atom stereocenters. The lowest BCUT2D eigenvalue weighted by Crippen LogP contribution is -2.55. The van der Waals surface area contributed by atoms with Crippen LogP contribution in [-0.2, 0) is 10.0 Å². The van der Waals surface area contributed by atoms with Gasteiger partial charge in [-0.05, 0) is 49.2 Å². The van der Waals surface area contributed by atoms with Gasteiger partial charge in [-0.25, -0.2) is 8.42 Å². The molecule has 0 fully saturated rings. The van der Waals surface area contributed by atoms with Crippen LogP contribution in [0.25, 0.3) is 0 Å². The van der Waals surface area contributed by atoms with Crippen LogP contribution in [0.1, 0.15) is 31.1 Å². The molecular formula is C19H26ClN3O3S. The summed E-state index contributed by atoms with van der Waals surface area (Å²) in [6.07, 6.45) is 0. The number of rotatable bonds is 7. The van der Waals surface area contributed by atoms with E-state index in [0.29, 0.717) is 17.8 Å². The zero-order chi connectivity index (χ0) is 19.4. The van der Waals surface area contributed by atoms with E-state index < -0.39 is 15.6 Å². The molecule has 0 radical (unpaired) electrons. The number of carbonyl (C=O) groups excluding carboxylic acids is 1. The molecule has 0 aliphatic rings. The number of carbonyl (C=O) groups is 1. The Morgan fingerprint density at radius 3 is 2.11 bits per heavy atom. The van der Waals surface area contributed by atoms with Crippen molar-refractivity contribution in [3.63, 3.8) is 0 Å². The van der Waals surface area contributed by atoms with Gasteiger partial charge in [-0.2, -0.15) is 0 Å². The fraction of sp³-hybridized carbons (Fsp3) is 0.316. The van der Waals surface area contributed by atoms with Gasteiger partial charge in [0.15, 0.2) is 0 Å². The Morgan fingerprint density at radius 2 is 1.63 bits per heavy atom. The zero-order valence-electron chi connectivity index (χ0n) is 15.6. The normalized spacial score (nSPS) is 13.4. The predicted molar refractivity (Wildman–Crippen MR) is 111 cm³/mol. The van der Waals surface area contributed by atoms with Crippen LogP contribution in [-0.4, -0.2) is 26.4 Å². The first-order chi connectivity index (χ1) is 12.2. The number of nitrogens with one attached hydrogen (secondary N) is 2. The second kappa shape index (κ2) is 9.21. The van der Waals surface area contributed by atoms with E-state index in [2.05, 4.69) is 10.0 Å². The highest BCUT2D eigenvalue weighted by Gasteiger charge is 2.29. The molecule has 27 heavy (non-hydrogen) atoms. The van der Waals surface area contributed by atoms with E-state index >= 15 is 0 Å². The molecule has 0 bridgehead atoms. The maximum Gasteiger partial charge on any atom is 0.261 e. The Balaban J connectivity index is 0.00000364. The summed E-state index contributed by atoms with van der Waals surface area (Å²) in [4.78, 5) is 12.5. The molecule has 148 valence electrons. The minimum Gasteiger partial charge on any atom is -0.345 e. The monoisotopic (exact) mass is 411 g/mol. The maximum atomic E-state index is 12.4. The fourth-order valence-corrected chi connectivity index (χ4v) is 3.33. The summed E-state index contributed by atoms with van der Waals surface area (Å²) in [5, 5.41) is 2.93. The van der Waals surface area contributed by atoms with Gasteiger partial charge in [-0.3, -0.25) is 9.52 Å². The average molecular weight is 412 g/mol. The second-order valence-corrected chi connectivity index (χ2v) is 8.41. The van der Waals surface area contributed by atoms with E-state index in [1.54, 1.807) is 30.3 Å². The smallest absolute Gasteiger partial charge is 0.261 e. The van der Waals surface area contributed by atoms with E-state index in [1.807, 2.05) is 20.8 Å². The van der Waals surface area contributed by atoms with Crippen molar-refractivity contribution >= 4 is 34.0 Å². The molecule has 0 saturated heterocycles. The van der Waals surface area contributed by atoms with Gasteiger partial charge in [0.25, 0.3) is 15.9 Å². The molecular weight excluding hydrogens is 386 g/mol. The van der Waals surface area contributed by atoms with Gasteiger partial charge >= 0.3 is 0 Å². The molecule has 2 rings (SSSR count). The van der Waals surface area contributed by atoms with E-state index in [9.17, 15) is 13.2 Å². The van der Waals surface area contributed by atoms with E-state index in [1.165, 1.54) is 24.3 Å². The van der Waals surface area contributed by atoms with Crippen molar-refractivity contribution < 1.29 is 13.2 Å². The first kappa shape index (κ1) is 23.0. The minimum atomic E-state index is -3.71. The average Bonchev–Trinajstić information content (AvgIpc) is 2.62. The van der Waals surface area contributed by atoms with Crippen molar-refractivity contribution in [2.75, 3.05) is 11.3 Å². The quantitative estimate of drug-likeness (QED) is 0.651. The lowest BCUT2D eigenvalue weighted by Gasteiger charge is -2.33. The highest BCUT2D eigenvalue weighted by Crippen LogP contribution is 2.18. The van der Waals surface area contributed by atoms with Crippen molar-refractivity contribution in [1.82, 2.24) is 5.32 Å². The van der Waals surface area contributed by atoms with Gasteiger partial charge in [0, 0.05) is 17.8 Å². The molecule has 2 aromatic carbocycles. The molecule has 1 unspecified atom stereocenters. The number of hydrogen-bond donors (Lipinski definition) is 3. The lowest BCUT2D eigenvalue weighted by atomic mass is 9.88. The van der Waals surface area contributed by atoms with Crippen LogP contribution in [0.2, 0.25) is 0 Å². The first-order valence-corrected chi connectivity index (χ1v) is 9.87. The predicted octanol–water partition coefficient (Wildman–Crippen LogP) is 3.01. The summed E-state index contributed by atoms with van der Waals surface area (Å²) in [6.45, 7) is 6.16. The SMILES string of the molecule is CC(C)C(C)(CN)NC(=O)c1ccc(S(=O)(=O)Nc2ccccc2)cc1.Cl. The molecule has 0 aliphatic heterocycles. The lowest BCUT2D eigenvalue weighted by molar-refractivity contribution is 0.0883. The number of anilines is 1. The second-order valence-electron chi connectivity index (χ2n) is 6.73. The van der Waals surface area contributed by atoms with Gasteiger partial charge in [0.2, 0.25) is 0 Å². The summed E-state index contributed by atoms with van der Waals surface area (Å²) in [5.74, 6) is -0.127. The largest absolute Gasteiger partial charge is 0.345 e. The molecule has 1 amide bonds. The number of amides is 1. The fourth-order valence-electron chi connectivity index (χ4n) is 2.27. The molecule has 0 heterocycles. The van der Waals surface area contributed by atoms with Crippen LogP contribution in [0.15, 0.2) is 59.5 Å². The number of hydrogen-bond acceptors (Lipinski definition) is 4. The van der Waals surface area contributed by atoms with Gasteiger partial charge < -0.3 is 11.1 Å². The highest BCUT2D eigenvalue weighted by atomic mass is 35.5. The van der Waals surface area contributed by atoms with Crippen LogP contribution in [0.5, 0.6) is 0 Å². The Kier molecular flexibility index (Phi) is 7.83. The van der Waals surface area contributed by atoms with Crippen LogP contribution < -0.4 is 15.8 Å². The van der Waals surface area contributed by atoms with E-state index in [4.69, 9.17) is 5.73 Å². The molecule has 0 spiro atoms. The standard InChI is InChI=1S/C19H25N3O3S.ClH/c1-14(2)19(3,13-20)21-18(23)15-9-11-17(12-10-15)26(24,25)22-16-7-5-4-6-8-16;/h4-12,14,22H,13,20H2,1-3H3,(H,21,23);1H. The van der Waals surface area contributed by atoms with Crippen LogP contribution in [0.3, 0.4) is 0 Å². The highest BCUT2D eigenvalue weighted by molar-refractivity contribution is 7.92. The third-order valence-corrected chi connectivity index (χ3v) is 5.95. The summed E-state index contributed by atoms with van der Waals surface area (Å²) in [7, 11) is -3.71. The van der Waals surface area contributed by atoms with E-state index in [-0.39, 0.29) is 29.1 Å². The van der Waals surface area contributed by atoms with Crippen molar-refractivity contribution in [3.05, 3.63) is 60.2 Å². The number of nitrogens with two attached hydrogens (primary N) is 1. The third kappa shape index (κ3) is 5.69. The maximum absolute atomic E-state index is 12.4. The molecule has 0 aromatic heterocycles. The van der Waals surface area contributed by atoms with Gasteiger partial charge in [0.1, 0.15) is 0 Å². The molecule has 4 N–H and O–H groups in total. The van der Waals surface area contributed by atoms with Gasteiger partial charge in [-0.1, -0.05) is 32.0 Å². The molecule has 2 aromatic rings. The van der Waals surface area contributed by atoms with Crippen LogP contribution >= 0.6 is 12.4 Å². The first-order valence-electron chi connectivity index (χ1n) is 8.38. The Hall–Kier alpha value is -2.09. The summed E-state index contributed by atoms with van der Waals surface area (Å²) < 4.78 is 27.3. The zero-order valence-corrected chi connectivity index (χ0v) is 17.2. The van der Waals surface area contributed by atoms with Crippen LogP contribution in [0.4, 0.5) is 5.69 Å². The van der Waals surface area contributed by atoms with Gasteiger partial charge in [0.05, 0.1) is 10.4 Å². The van der Waals surface area contributed by atoms with Crippen molar-refractivity contribution in [1.29, 1.82) is 0 Å². The third-order valence-electron chi connectivity index (χ3n) is 4.55. The molecule has 6 nitrogen and oxygen atoms in total. The summed E-state index contributed by atoms with van der Waals surface area (Å²) in [6, 6.07) is 14.4. The molecule has 8 heteroatoms. The topological polar surface area (TPSA) is 101 Å². The Bertz CT molecular complexity index is 856. The minimum absolute atomic E-state index is 0.